The molecule has 0 saturated carbocycles. The highest BCUT2D eigenvalue weighted by Crippen LogP contribution is 2.36. The van der Waals surface area contributed by atoms with Gasteiger partial charge in [-0.05, 0) is 58.2 Å². The lowest BCUT2D eigenvalue weighted by atomic mass is 9.75. The van der Waals surface area contributed by atoms with Crippen molar-refractivity contribution < 1.29 is 4.79 Å². The third-order valence-electron chi connectivity index (χ3n) is 4.13. The third kappa shape index (κ3) is 4.10. The molecule has 0 spiro atoms. The van der Waals surface area contributed by atoms with E-state index >= 15 is 0 Å². The SMILES string of the molecule is Cc1cc(C(C)(C)C)c(C=C2C=CC(=O)C=C2)c(C(C)(C)C)c1. The molecule has 0 atom stereocenters. The Morgan fingerprint density at radius 1 is 0.783 bits per heavy atom. The Bertz CT molecular complexity index is 660. The largest absolute Gasteiger partial charge is 0.290 e. The first kappa shape index (κ1) is 17.5. The van der Waals surface area contributed by atoms with Crippen LogP contribution in [0.5, 0.6) is 0 Å². The highest BCUT2D eigenvalue weighted by Gasteiger charge is 2.25. The summed E-state index contributed by atoms with van der Waals surface area (Å²) < 4.78 is 0. The van der Waals surface area contributed by atoms with Crippen molar-refractivity contribution in [3.05, 3.63) is 64.3 Å². The molecule has 0 unspecified atom stereocenters. The van der Waals surface area contributed by atoms with Crippen LogP contribution in [0.3, 0.4) is 0 Å². The highest BCUT2D eigenvalue weighted by molar-refractivity contribution is 6.01. The summed E-state index contributed by atoms with van der Waals surface area (Å²) >= 11 is 0. The fraction of sp³-hybridized carbons (Fsp3) is 0.409. The minimum atomic E-state index is 0.0538. The summed E-state index contributed by atoms with van der Waals surface area (Å²) in [6.07, 6.45) is 9.29. The van der Waals surface area contributed by atoms with Crippen molar-refractivity contribution in [2.45, 2.75) is 59.3 Å². The summed E-state index contributed by atoms with van der Waals surface area (Å²) in [5, 5.41) is 0. The molecule has 2 rings (SSSR count). The lowest BCUT2D eigenvalue weighted by Crippen LogP contribution is -2.20. The molecule has 1 aliphatic rings. The fourth-order valence-corrected chi connectivity index (χ4v) is 2.92. The van der Waals surface area contributed by atoms with Gasteiger partial charge in [0, 0.05) is 0 Å². The molecule has 0 N–H and O–H groups in total. The highest BCUT2D eigenvalue weighted by atomic mass is 16.1. The van der Waals surface area contributed by atoms with Crippen LogP contribution in [0.2, 0.25) is 0 Å². The summed E-state index contributed by atoms with van der Waals surface area (Å²) in [5.41, 5.74) is 6.50. The average molecular weight is 308 g/mol. The fourth-order valence-electron chi connectivity index (χ4n) is 2.92. The van der Waals surface area contributed by atoms with Gasteiger partial charge in [-0.3, -0.25) is 4.79 Å². The van der Waals surface area contributed by atoms with Gasteiger partial charge in [-0.2, -0.15) is 0 Å². The number of allylic oxidation sites excluding steroid dienone is 5. The predicted octanol–water partition coefficient (Wildman–Crippen LogP) is 5.67. The maximum Gasteiger partial charge on any atom is 0.178 e. The molecule has 0 saturated heterocycles. The second-order valence-corrected chi connectivity index (χ2v) is 8.49. The van der Waals surface area contributed by atoms with Crippen LogP contribution in [0.15, 0.2) is 42.0 Å². The molecular formula is C22H28O. The van der Waals surface area contributed by atoms with Crippen molar-refractivity contribution in [1.29, 1.82) is 0 Å². The number of aryl methyl sites for hydroxylation is 1. The first-order valence-corrected chi connectivity index (χ1v) is 8.26. The number of carbonyl (C=O) groups is 1. The van der Waals surface area contributed by atoms with Gasteiger partial charge in [-0.25, -0.2) is 0 Å². The Morgan fingerprint density at radius 3 is 1.61 bits per heavy atom. The van der Waals surface area contributed by atoms with Crippen LogP contribution < -0.4 is 0 Å². The molecule has 0 bridgehead atoms. The van der Waals surface area contributed by atoms with Crippen molar-refractivity contribution >= 4 is 11.9 Å². The van der Waals surface area contributed by atoms with Crippen LogP contribution in [0.1, 0.15) is 63.8 Å². The van der Waals surface area contributed by atoms with E-state index in [-0.39, 0.29) is 16.6 Å². The van der Waals surface area contributed by atoms with E-state index in [4.69, 9.17) is 0 Å². The lowest BCUT2D eigenvalue weighted by Gasteiger charge is -2.30. The van der Waals surface area contributed by atoms with Gasteiger partial charge in [0.25, 0.3) is 0 Å². The van der Waals surface area contributed by atoms with Crippen LogP contribution in [0.4, 0.5) is 0 Å². The van der Waals surface area contributed by atoms with Crippen LogP contribution in [-0.2, 0) is 15.6 Å². The van der Waals surface area contributed by atoms with E-state index in [1.807, 2.05) is 12.2 Å². The molecule has 1 aliphatic carbocycles. The van der Waals surface area contributed by atoms with E-state index in [1.165, 1.54) is 22.3 Å². The van der Waals surface area contributed by atoms with Gasteiger partial charge in [0.2, 0.25) is 0 Å². The van der Waals surface area contributed by atoms with Gasteiger partial charge in [-0.15, -0.1) is 0 Å². The standard InChI is InChI=1S/C22H28O/c1-15-12-19(21(2,3)4)18(20(13-15)22(5,6)7)14-16-8-10-17(23)11-9-16/h8-14H,1-7H3. The first-order valence-electron chi connectivity index (χ1n) is 8.26. The van der Waals surface area contributed by atoms with Crippen molar-refractivity contribution in [1.82, 2.24) is 0 Å². The van der Waals surface area contributed by atoms with E-state index in [9.17, 15) is 4.79 Å². The van der Waals surface area contributed by atoms with E-state index in [0.29, 0.717) is 0 Å². The van der Waals surface area contributed by atoms with Crippen molar-refractivity contribution in [2.24, 2.45) is 0 Å². The number of hydrogen-bond acceptors (Lipinski definition) is 1. The molecule has 0 heterocycles. The van der Waals surface area contributed by atoms with Crippen LogP contribution in [-0.4, -0.2) is 5.78 Å². The zero-order valence-corrected chi connectivity index (χ0v) is 15.4. The first-order chi connectivity index (χ1) is 10.5. The number of rotatable bonds is 1. The zero-order chi connectivity index (χ0) is 17.4. The minimum Gasteiger partial charge on any atom is -0.290 e. The second-order valence-electron chi connectivity index (χ2n) is 8.49. The molecule has 122 valence electrons. The Kier molecular flexibility index (Phi) is 4.52. The van der Waals surface area contributed by atoms with Gasteiger partial charge in [0.15, 0.2) is 5.78 Å². The van der Waals surface area contributed by atoms with Gasteiger partial charge in [-0.1, -0.05) is 71.4 Å². The van der Waals surface area contributed by atoms with Crippen molar-refractivity contribution in [3.63, 3.8) is 0 Å². The number of ketones is 1. The van der Waals surface area contributed by atoms with Gasteiger partial charge in [0.05, 0.1) is 0 Å². The number of carbonyl (C=O) groups excluding carboxylic acids is 1. The molecule has 0 amide bonds. The minimum absolute atomic E-state index is 0.0538. The lowest BCUT2D eigenvalue weighted by molar-refractivity contribution is -0.110. The molecular weight excluding hydrogens is 280 g/mol. The zero-order valence-electron chi connectivity index (χ0n) is 15.4. The summed E-state index contributed by atoms with van der Waals surface area (Å²) in [6, 6.07) is 4.59. The Balaban J connectivity index is 2.73. The average Bonchev–Trinajstić information content (AvgIpc) is 2.40. The molecule has 0 fully saturated rings. The molecule has 1 heteroatoms. The monoisotopic (exact) mass is 308 g/mol. The quantitative estimate of drug-likeness (QED) is 0.653. The summed E-state index contributed by atoms with van der Waals surface area (Å²) in [5.74, 6) is 0.0538. The van der Waals surface area contributed by atoms with Gasteiger partial charge < -0.3 is 0 Å². The molecule has 1 aromatic rings. The topological polar surface area (TPSA) is 17.1 Å². The predicted molar refractivity (Wildman–Crippen MR) is 99.8 cm³/mol. The number of hydrogen-bond donors (Lipinski definition) is 0. The van der Waals surface area contributed by atoms with Crippen LogP contribution in [0, 0.1) is 6.92 Å². The Labute approximate surface area is 140 Å². The van der Waals surface area contributed by atoms with E-state index in [2.05, 4.69) is 66.7 Å². The Hall–Kier alpha value is -1.89. The summed E-state index contributed by atoms with van der Waals surface area (Å²) in [7, 11) is 0. The summed E-state index contributed by atoms with van der Waals surface area (Å²) in [4.78, 5) is 11.4. The van der Waals surface area contributed by atoms with Crippen LogP contribution >= 0.6 is 0 Å². The van der Waals surface area contributed by atoms with E-state index in [1.54, 1.807) is 12.2 Å². The molecule has 23 heavy (non-hydrogen) atoms. The molecule has 0 radical (unpaired) electrons. The van der Waals surface area contributed by atoms with Gasteiger partial charge >= 0.3 is 0 Å². The smallest absolute Gasteiger partial charge is 0.178 e. The van der Waals surface area contributed by atoms with Crippen molar-refractivity contribution in [2.75, 3.05) is 0 Å². The maximum atomic E-state index is 11.4. The van der Waals surface area contributed by atoms with Crippen LogP contribution in [0.25, 0.3) is 6.08 Å². The van der Waals surface area contributed by atoms with Crippen molar-refractivity contribution in [3.8, 4) is 0 Å². The second kappa shape index (κ2) is 5.96. The normalized spacial score (nSPS) is 15.3. The van der Waals surface area contributed by atoms with E-state index < -0.39 is 0 Å². The van der Waals surface area contributed by atoms with E-state index in [0.717, 1.165) is 5.57 Å². The molecule has 1 nitrogen and oxygen atoms in total. The summed E-state index contributed by atoms with van der Waals surface area (Å²) in [6.45, 7) is 15.7. The molecule has 0 aromatic heterocycles. The Morgan fingerprint density at radius 2 is 1.22 bits per heavy atom. The maximum absolute atomic E-state index is 11.4. The molecule has 1 aromatic carbocycles. The molecule has 0 aliphatic heterocycles. The third-order valence-corrected chi connectivity index (χ3v) is 4.13. The number of benzene rings is 1. The van der Waals surface area contributed by atoms with Gasteiger partial charge in [0.1, 0.15) is 0 Å².